The van der Waals surface area contributed by atoms with Gasteiger partial charge in [-0.05, 0) is 48.0 Å². The van der Waals surface area contributed by atoms with Crippen LogP contribution < -0.4 is 5.32 Å². The summed E-state index contributed by atoms with van der Waals surface area (Å²) >= 11 is 0. The molecular formula is C18H43CoNP2. The Hall–Kier alpha value is 1.33. The van der Waals surface area contributed by atoms with Crippen LogP contribution in [0.25, 0.3) is 0 Å². The standard InChI is InChI=1S/C16H37NP2.2CH3.Co/c1-13(2)18(14(3)4)11-9-17-10-12-19(15(5)6)16(7)8;;;/h13-17H,9-12H2,1-8H3;2*1H3;/q;2*-1;+2. The van der Waals surface area contributed by atoms with Crippen molar-refractivity contribution < 1.29 is 16.8 Å². The van der Waals surface area contributed by atoms with Crippen molar-refractivity contribution >= 4 is 15.8 Å². The molecule has 0 amide bonds. The fraction of sp³-hybridized carbons (Fsp3) is 0.889. The van der Waals surface area contributed by atoms with Crippen LogP contribution in [0.15, 0.2) is 0 Å². The Morgan fingerprint density at radius 1 is 0.591 bits per heavy atom. The zero-order chi connectivity index (χ0) is 15.0. The van der Waals surface area contributed by atoms with Gasteiger partial charge in [-0.2, -0.15) is 0 Å². The third-order valence-corrected chi connectivity index (χ3v) is 10.5. The molecule has 0 rings (SSSR count). The minimum atomic E-state index is 0. The van der Waals surface area contributed by atoms with Gasteiger partial charge in [0.1, 0.15) is 0 Å². The average molecular weight is 394 g/mol. The molecule has 0 spiro atoms. The molecule has 0 unspecified atom stereocenters. The van der Waals surface area contributed by atoms with E-state index in [1.807, 2.05) is 0 Å². The second kappa shape index (κ2) is 17.2. The summed E-state index contributed by atoms with van der Waals surface area (Å²) in [4.78, 5) is 0. The summed E-state index contributed by atoms with van der Waals surface area (Å²) in [6.07, 6.45) is 2.79. The van der Waals surface area contributed by atoms with Crippen molar-refractivity contribution in [2.45, 2.75) is 78.0 Å². The molecule has 1 N–H and O–H groups in total. The minimum Gasteiger partial charge on any atom is -0.358 e. The van der Waals surface area contributed by atoms with Gasteiger partial charge in [0.2, 0.25) is 0 Å². The van der Waals surface area contributed by atoms with E-state index in [4.69, 9.17) is 0 Å². The molecule has 0 atom stereocenters. The molecular weight excluding hydrogens is 351 g/mol. The molecule has 4 heteroatoms. The van der Waals surface area contributed by atoms with Crippen LogP contribution in [0.3, 0.4) is 0 Å². The Kier molecular flexibility index (Phi) is 24.3. The van der Waals surface area contributed by atoms with E-state index in [9.17, 15) is 0 Å². The summed E-state index contributed by atoms with van der Waals surface area (Å²) in [6, 6.07) is 0. The summed E-state index contributed by atoms with van der Waals surface area (Å²) < 4.78 is 0. The molecule has 0 aliphatic heterocycles. The summed E-state index contributed by atoms with van der Waals surface area (Å²) in [6.45, 7) is 21.6. The molecule has 0 aromatic rings. The number of nitrogens with one attached hydrogen (secondary N) is 1. The van der Waals surface area contributed by atoms with Gasteiger partial charge in [0, 0.05) is 0 Å². The molecule has 0 bridgehead atoms. The van der Waals surface area contributed by atoms with Crippen molar-refractivity contribution in [3.63, 3.8) is 0 Å². The first-order valence-corrected chi connectivity index (χ1v) is 11.3. The van der Waals surface area contributed by atoms with Crippen molar-refractivity contribution in [3.05, 3.63) is 14.9 Å². The Bertz CT molecular complexity index is 183. The maximum absolute atomic E-state index is 3.70. The molecule has 0 saturated heterocycles. The first-order chi connectivity index (χ1) is 8.77. The van der Waals surface area contributed by atoms with E-state index in [0.717, 1.165) is 22.6 Å². The van der Waals surface area contributed by atoms with Crippen molar-refractivity contribution in [2.24, 2.45) is 0 Å². The van der Waals surface area contributed by atoms with E-state index in [1.165, 1.54) is 25.4 Å². The second-order valence-corrected chi connectivity index (χ2v) is 13.7. The van der Waals surface area contributed by atoms with Crippen LogP contribution in [0.4, 0.5) is 0 Å². The smallest absolute Gasteiger partial charge is 0.358 e. The van der Waals surface area contributed by atoms with Crippen LogP contribution in [0.5, 0.6) is 0 Å². The van der Waals surface area contributed by atoms with Crippen molar-refractivity contribution in [1.82, 2.24) is 5.32 Å². The van der Waals surface area contributed by atoms with Crippen LogP contribution in [0.2, 0.25) is 0 Å². The monoisotopic (exact) mass is 394 g/mol. The SMILES string of the molecule is CC(C)P(CCNCCP(C(C)C)C(C)C)C(C)C.[CH3-].[CH3-].[Co+2]. The molecule has 22 heavy (non-hydrogen) atoms. The van der Waals surface area contributed by atoms with E-state index in [0.29, 0.717) is 0 Å². The fourth-order valence-corrected chi connectivity index (χ4v) is 8.05. The minimum absolute atomic E-state index is 0. The molecule has 139 valence electrons. The molecule has 0 saturated carbocycles. The maximum Gasteiger partial charge on any atom is 2.00 e. The average Bonchev–Trinajstić information content (AvgIpc) is 2.25. The van der Waals surface area contributed by atoms with Gasteiger partial charge in [-0.25, -0.2) is 0 Å². The molecule has 0 aromatic carbocycles. The van der Waals surface area contributed by atoms with Gasteiger partial charge >= 0.3 is 16.8 Å². The normalized spacial score (nSPS) is 11.2. The predicted octanol–water partition coefficient (Wildman–Crippen LogP) is 6.07. The zero-order valence-corrected chi connectivity index (χ0v) is 19.7. The molecule has 0 aliphatic carbocycles. The van der Waals surface area contributed by atoms with Gasteiger partial charge in [-0.15, -0.1) is 15.8 Å². The predicted molar refractivity (Wildman–Crippen MR) is 110 cm³/mol. The number of hydrogen-bond acceptors (Lipinski definition) is 1. The quantitative estimate of drug-likeness (QED) is 0.269. The number of hydrogen-bond donors (Lipinski definition) is 1. The van der Waals surface area contributed by atoms with E-state index < -0.39 is 0 Å². The molecule has 1 nitrogen and oxygen atoms in total. The molecule has 1 radical (unpaired) electrons. The van der Waals surface area contributed by atoms with Crippen molar-refractivity contribution in [3.8, 4) is 0 Å². The largest absolute Gasteiger partial charge is 2.00 e. The Morgan fingerprint density at radius 2 is 0.818 bits per heavy atom. The van der Waals surface area contributed by atoms with Gasteiger partial charge < -0.3 is 20.2 Å². The van der Waals surface area contributed by atoms with E-state index >= 15 is 0 Å². The summed E-state index contributed by atoms with van der Waals surface area (Å²) in [7, 11) is 0.415. The Morgan fingerprint density at radius 3 is 1.00 bits per heavy atom. The van der Waals surface area contributed by atoms with Crippen molar-refractivity contribution in [2.75, 3.05) is 25.4 Å². The summed E-state index contributed by atoms with van der Waals surface area (Å²) in [5, 5.41) is 3.70. The van der Waals surface area contributed by atoms with Crippen LogP contribution in [-0.4, -0.2) is 48.0 Å². The fourth-order valence-electron chi connectivity index (χ4n) is 2.77. The van der Waals surface area contributed by atoms with E-state index in [-0.39, 0.29) is 47.5 Å². The summed E-state index contributed by atoms with van der Waals surface area (Å²) in [5.74, 6) is 0. The first-order valence-electron chi connectivity index (χ1n) is 7.99. The molecule has 0 aromatic heterocycles. The van der Waals surface area contributed by atoms with Gasteiger partial charge in [-0.3, -0.25) is 0 Å². The molecule has 0 fully saturated rings. The summed E-state index contributed by atoms with van der Waals surface area (Å²) in [5.41, 5.74) is 3.50. The van der Waals surface area contributed by atoms with Crippen LogP contribution in [0, 0.1) is 14.9 Å². The third-order valence-electron chi connectivity index (χ3n) is 3.75. The van der Waals surface area contributed by atoms with Gasteiger partial charge in [0.25, 0.3) is 0 Å². The van der Waals surface area contributed by atoms with Crippen LogP contribution >= 0.6 is 15.8 Å². The molecule has 0 heterocycles. The molecule has 0 aliphatic rings. The topological polar surface area (TPSA) is 12.0 Å². The number of rotatable bonds is 10. The van der Waals surface area contributed by atoms with Crippen LogP contribution in [-0.2, 0) is 16.8 Å². The maximum atomic E-state index is 3.70. The first kappa shape index (κ1) is 31.1. The third kappa shape index (κ3) is 13.7. The van der Waals surface area contributed by atoms with Gasteiger partial charge in [-0.1, -0.05) is 55.4 Å². The van der Waals surface area contributed by atoms with Gasteiger partial charge in [0.15, 0.2) is 0 Å². The second-order valence-electron chi connectivity index (χ2n) is 6.60. The van der Waals surface area contributed by atoms with E-state index in [2.05, 4.69) is 60.7 Å². The van der Waals surface area contributed by atoms with Gasteiger partial charge in [0.05, 0.1) is 0 Å². The van der Waals surface area contributed by atoms with E-state index in [1.54, 1.807) is 0 Å². The van der Waals surface area contributed by atoms with Crippen molar-refractivity contribution in [1.29, 1.82) is 0 Å². The van der Waals surface area contributed by atoms with Crippen LogP contribution in [0.1, 0.15) is 55.4 Å². The zero-order valence-electron chi connectivity index (χ0n) is 16.9. The Balaban J connectivity index is -0.000000540. The Labute approximate surface area is 156 Å².